The summed E-state index contributed by atoms with van der Waals surface area (Å²) < 4.78 is 5.10. The van der Waals surface area contributed by atoms with Crippen LogP contribution in [0.4, 0.5) is 0 Å². The van der Waals surface area contributed by atoms with Crippen LogP contribution in [0.25, 0.3) is 22.8 Å². The molecule has 0 saturated carbocycles. The van der Waals surface area contributed by atoms with Crippen molar-refractivity contribution in [1.82, 2.24) is 29.4 Å². The lowest BCUT2D eigenvalue weighted by atomic mass is 10.2. The third-order valence-corrected chi connectivity index (χ3v) is 6.66. The van der Waals surface area contributed by atoms with Gasteiger partial charge in [-0.1, -0.05) is 60.6 Å². The molecule has 0 bridgehead atoms. The van der Waals surface area contributed by atoms with E-state index in [1.807, 2.05) is 69.4 Å². The van der Waals surface area contributed by atoms with E-state index in [9.17, 15) is 9.59 Å². The molecule has 0 aliphatic heterocycles. The molecule has 1 amide bonds. The summed E-state index contributed by atoms with van der Waals surface area (Å²) in [6.45, 7) is 4.47. The van der Waals surface area contributed by atoms with Crippen molar-refractivity contribution < 1.29 is 4.79 Å². The van der Waals surface area contributed by atoms with Gasteiger partial charge in [0, 0.05) is 19.2 Å². The molecule has 0 fully saturated rings. The van der Waals surface area contributed by atoms with Crippen molar-refractivity contribution in [2.75, 3.05) is 12.3 Å². The zero-order chi connectivity index (χ0) is 24.2. The number of nitrogens with one attached hydrogen (secondary N) is 1. The smallest absolute Gasteiger partial charge is 0.296 e. The number of para-hydroxylation sites is 1. The molecule has 0 aliphatic rings. The minimum absolute atomic E-state index is 0.104. The van der Waals surface area contributed by atoms with Crippen LogP contribution in [-0.4, -0.2) is 42.3 Å². The SMILES string of the molecule is CCCNC(=O)CSc1nnc(-c2ccccc2Cl)n1-c1c(C)n(C)n(-c2ccccc2)c1=O. The molecule has 0 aliphatic carbocycles. The average molecular weight is 497 g/mol. The highest BCUT2D eigenvalue weighted by Crippen LogP contribution is 2.32. The Morgan fingerprint density at radius 3 is 2.50 bits per heavy atom. The molecule has 34 heavy (non-hydrogen) atoms. The molecule has 4 aromatic rings. The first kappa shape index (κ1) is 23.8. The van der Waals surface area contributed by atoms with Gasteiger partial charge in [0.1, 0.15) is 5.69 Å². The number of rotatable bonds is 8. The van der Waals surface area contributed by atoms with Crippen LogP contribution in [0.15, 0.2) is 64.5 Å². The second kappa shape index (κ2) is 10.3. The number of benzene rings is 2. The number of carbonyl (C=O) groups is 1. The number of hydrogen-bond donors (Lipinski definition) is 1. The second-order valence-electron chi connectivity index (χ2n) is 7.67. The number of hydrogen-bond acceptors (Lipinski definition) is 5. The van der Waals surface area contributed by atoms with Gasteiger partial charge in [0.15, 0.2) is 11.0 Å². The van der Waals surface area contributed by atoms with Gasteiger partial charge < -0.3 is 5.32 Å². The highest BCUT2D eigenvalue weighted by Gasteiger charge is 2.26. The first-order valence-corrected chi connectivity index (χ1v) is 12.2. The fourth-order valence-electron chi connectivity index (χ4n) is 3.64. The van der Waals surface area contributed by atoms with E-state index in [0.29, 0.717) is 33.8 Å². The van der Waals surface area contributed by atoms with Crippen molar-refractivity contribution in [1.29, 1.82) is 0 Å². The Balaban J connectivity index is 1.88. The Morgan fingerprint density at radius 1 is 1.09 bits per heavy atom. The molecule has 176 valence electrons. The van der Waals surface area contributed by atoms with Crippen molar-refractivity contribution in [2.24, 2.45) is 7.05 Å². The van der Waals surface area contributed by atoms with E-state index in [1.54, 1.807) is 20.0 Å². The minimum atomic E-state index is -0.225. The third kappa shape index (κ3) is 4.53. The van der Waals surface area contributed by atoms with Gasteiger partial charge in [-0.15, -0.1) is 10.2 Å². The lowest BCUT2D eigenvalue weighted by molar-refractivity contribution is -0.118. The largest absolute Gasteiger partial charge is 0.355 e. The second-order valence-corrected chi connectivity index (χ2v) is 9.02. The van der Waals surface area contributed by atoms with Crippen molar-refractivity contribution in [3.63, 3.8) is 0 Å². The van der Waals surface area contributed by atoms with Gasteiger partial charge in [-0.25, -0.2) is 4.68 Å². The number of halogens is 1. The van der Waals surface area contributed by atoms with Crippen LogP contribution in [0.2, 0.25) is 5.02 Å². The molecule has 2 aromatic carbocycles. The van der Waals surface area contributed by atoms with E-state index in [1.165, 1.54) is 11.8 Å². The molecule has 4 rings (SSSR count). The van der Waals surface area contributed by atoms with Crippen LogP contribution in [0.5, 0.6) is 0 Å². The standard InChI is InChI=1S/C24H25ClN6O2S/c1-4-14-26-20(32)15-34-24-28-27-22(18-12-8-9-13-19(18)25)30(24)21-16(2)29(3)31(23(21)33)17-10-6-5-7-11-17/h5-13H,4,14-15H2,1-3H3,(H,26,32). The van der Waals surface area contributed by atoms with Crippen LogP contribution < -0.4 is 10.9 Å². The first-order valence-electron chi connectivity index (χ1n) is 10.9. The quantitative estimate of drug-likeness (QED) is 0.372. The van der Waals surface area contributed by atoms with E-state index in [0.717, 1.165) is 17.8 Å². The van der Waals surface area contributed by atoms with Gasteiger partial charge in [0.25, 0.3) is 5.56 Å². The lowest BCUT2D eigenvalue weighted by Crippen LogP contribution is -2.26. The zero-order valence-electron chi connectivity index (χ0n) is 19.2. The zero-order valence-corrected chi connectivity index (χ0v) is 20.7. The average Bonchev–Trinajstić information content (AvgIpc) is 3.34. The van der Waals surface area contributed by atoms with E-state index in [4.69, 9.17) is 11.6 Å². The predicted molar refractivity (Wildman–Crippen MR) is 135 cm³/mol. The van der Waals surface area contributed by atoms with Crippen molar-refractivity contribution >= 4 is 29.3 Å². The van der Waals surface area contributed by atoms with Gasteiger partial charge in [0.2, 0.25) is 5.91 Å². The molecule has 0 saturated heterocycles. The van der Waals surface area contributed by atoms with Crippen molar-refractivity contribution in [3.8, 4) is 22.8 Å². The van der Waals surface area contributed by atoms with Gasteiger partial charge in [-0.3, -0.25) is 18.8 Å². The molecular formula is C24H25ClN6O2S. The molecule has 0 atom stereocenters. The summed E-state index contributed by atoms with van der Waals surface area (Å²) >= 11 is 7.71. The summed E-state index contributed by atoms with van der Waals surface area (Å²) in [7, 11) is 1.83. The van der Waals surface area contributed by atoms with Gasteiger partial charge in [-0.2, -0.15) is 0 Å². The topological polar surface area (TPSA) is 86.7 Å². The normalized spacial score (nSPS) is 11.1. The van der Waals surface area contributed by atoms with Gasteiger partial charge in [-0.05, 0) is 37.6 Å². The Labute approximate surface area is 206 Å². The van der Waals surface area contributed by atoms with Crippen LogP contribution >= 0.6 is 23.4 Å². The number of aromatic nitrogens is 5. The third-order valence-electron chi connectivity index (χ3n) is 5.40. The number of thioether (sulfide) groups is 1. The monoisotopic (exact) mass is 496 g/mol. The Kier molecular flexibility index (Phi) is 7.23. The Bertz CT molecular complexity index is 1380. The molecular weight excluding hydrogens is 472 g/mol. The number of carbonyl (C=O) groups excluding carboxylic acids is 1. The lowest BCUT2D eigenvalue weighted by Gasteiger charge is -2.10. The fourth-order valence-corrected chi connectivity index (χ4v) is 4.63. The molecule has 0 radical (unpaired) electrons. The number of nitrogens with zero attached hydrogens (tertiary/aromatic N) is 5. The van der Waals surface area contributed by atoms with Crippen LogP contribution in [0.1, 0.15) is 19.0 Å². The fraction of sp³-hybridized carbons (Fsp3) is 0.250. The highest BCUT2D eigenvalue weighted by atomic mass is 35.5. The van der Waals surface area contributed by atoms with Crippen LogP contribution in [0, 0.1) is 6.92 Å². The molecule has 10 heteroatoms. The van der Waals surface area contributed by atoms with E-state index in [-0.39, 0.29) is 17.2 Å². The summed E-state index contributed by atoms with van der Waals surface area (Å²) in [6.07, 6.45) is 0.853. The minimum Gasteiger partial charge on any atom is -0.355 e. The maximum Gasteiger partial charge on any atom is 0.296 e. The van der Waals surface area contributed by atoms with Crippen LogP contribution in [0.3, 0.4) is 0 Å². The summed E-state index contributed by atoms with van der Waals surface area (Å²) in [5.74, 6) is 0.486. The van der Waals surface area contributed by atoms with Gasteiger partial charge in [0.05, 0.1) is 22.2 Å². The molecule has 0 spiro atoms. The first-order chi connectivity index (χ1) is 16.4. The summed E-state index contributed by atoms with van der Waals surface area (Å²) in [5.41, 5.74) is 2.29. The molecule has 8 nitrogen and oxygen atoms in total. The van der Waals surface area contributed by atoms with Crippen LogP contribution in [-0.2, 0) is 11.8 Å². The predicted octanol–water partition coefficient (Wildman–Crippen LogP) is 4.00. The van der Waals surface area contributed by atoms with Gasteiger partial charge >= 0.3 is 0 Å². The van der Waals surface area contributed by atoms with Crippen molar-refractivity contribution in [3.05, 3.63) is 75.7 Å². The maximum atomic E-state index is 13.8. The van der Waals surface area contributed by atoms with Crippen molar-refractivity contribution in [2.45, 2.75) is 25.4 Å². The van der Waals surface area contributed by atoms with E-state index >= 15 is 0 Å². The summed E-state index contributed by atoms with van der Waals surface area (Å²) in [4.78, 5) is 26.0. The Hall–Kier alpha value is -3.30. The number of amides is 1. The molecule has 0 unspecified atom stereocenters. The van der Waals surface area contributed by atoms with E-state index < -0.39 is 0 Å². The highest BCUT2D eigenvalue weighted by molar-refractivity contribution is 7.99. The Morgan fingerprint density at radius 2 is 1.79 bits per heavy atom. The molecule has 1 N–H and O–H groups in total. The summed E-state index contributed by atoms with van der Waals surface area (Å²) in [5, 5.41) is 12.5. The molecule has 2 heterocycles. The van der Waals surface area contributed by atoms with E-state index in [2.05, 4.69) is 15.5 Å². The maximum absolute atomic E-state index is 13.8. The summed E-state index contributed by atoms with van der Waals surface area (Å²) in [6, 6.07) is 16.7. The molecule has 2 aromatic heterocycles.